The molecule has 0 amide bonds. The number of fused-ring (bicyclic) bond motifs is 3. The lowest BCUT2D eigenvalue weighted by Crippen LogP contribution is -2.30. The van der Waals surface area contributed by atoms with Crippen molar-refractivity contribution in [2.45, 2.75) is 10.9 Å². The van der Waals surface area contributed by atoms with E-state index in [4.69, 9.17) is 25.7 Å². The minimum Gasteiger partial charge on any atom is -0.493 e. The highest BCUT2D eigenvalue weighted by molar-refractivity contribution is 7.99. The summed E-state index contributed by atoms with van der Waals surface area (Å²) in [7, 11) is 3.20. The number of nitrogens with zero attached hydrogens (tertiary/aromatic N) is 3. The normalized spacial score (nSPS) is 12.0. The number of rotatable bonds is 9. The number of hydrogen-bond acceptors (Lipinski definition) is 9. The van der Waals surface area contributed by atoms with E-state index >= 15 is 0 Å². The maximum Gasteiger partial charge on any atom is 0.162 e. The molecular formula is C28H27N5O3S. The number of anilines is 1. The minimum absolute atomic E-state index is 0.130. The van der Waals surface area contributed by atoms with Crippen molar-refractivity contribution in [3.8, 4) is 28.5 Å². The van der Waals surface area contributed by atoms with Crippen LogP contribution in [-0.4, -0.2) is 47.6 Å². The third kappa shape index (κ3) is 5.37. The highest BCUT2D eigenvalue weighted by atomic mass is 32.2. The number of thioether (sulfide) groups is 1. The summed E-state index contributed by atoms with van der Waals surface area (Å²) in [6, 6.07) is 17.7. The number of methoxy groups -OCH3 is 2. The van der Waals surface area contributed by atoms with Crippen LogP contribution >= 0.6 is 11.8 Å². The average Bonchev–Trinajstić information content (AvgIpc) is 2.94. The number of benzene rings is 2. The van der Waals surface area contributed by atoms with Gasteiger partial charge < -0.3 is 25.7 Å². The topological polar surface area (TPSA) is 118 Å². The van der Waals surface area contributed by atoms with Crippen LogP contribution in [0.5, 0.6) is 17.2 Å². The Bertz CT molecular complexity index is 1550. The molecule has 188 valence electrons. The van der Waals surface area contributed by atoms with E-state index in [2.05, 4.69) is 27.1 Å². The molecule has 2 aromatic carbocycles. The van der Waals surface area contributed by atoms with Crippen LogP contribution in [0.25, 0.3) is 32.9 Å². The van der Waals surface area contributed by atoms with Gasteiger partial charge in [-0.15, -0.1) is 11.8 Å². The van der Waals surface area contributed by atoms with E-state index in [0.717, 1.165) is 33.0 Å². The van der Waals surface area contributed by atoms with E-state index in [-0.39, 0.29) is 6.04 Å². The molecule has 0 saturated carbocycles. The molecule has 37 heavy (non-hydrogen) atoms. The van der Waals surface area contributed by atoms with Gasteiger partial charge in [-0.1, -0.05) is 18.2 Å². The summed E-state index contributed by atoms with van der Waals surface area (Å²) in [6.07, 6.45) is 5.13. The second-order valence-corrected chi connectivity index (χ2v) is 9.53. The third-order valence-electron chi connectivity index (χ3n) is 5.89. The van der Waals surface area contributed by atoms with Crippen LogP contribution < -0.4 is 25.7 Å². The van der Waals surface area contributed by atoms with Crippen LogP contribution in [0.1, 0.15) is 0 Å². The van der Waals surface area contributed by atoms with Gasteiger partial charge in [-0.05, 0) is 35.7 Å². The molecule has 0 aliphatic heterocycles. The molecule has 4 N–H and O–H groups in total. The van der Waals surface area contributed by atoms with E-state index in [1.165, 1.54) is 4.90 Å². The number of hydrogen-bond donors (Lipinski definition) is 2. The Morgan fingerprint density at radius 3 is 2.46 bits per heavy atom. The van der Waals surface area contributed by atoms with Crippen LogP contribution in [0.3, 0.4) is 0 Å². The summed E-state index contributed by atoms with van der Waals surface area (Å²) in [4.78, 5) is 14.7. The number of aromatic nitrogens is 3. The molecule has 0 spiro atoms. The molecule has 0 radical (unpaired) electrons. The monoisotopic (exact) mass is 513 g/mol. The zero-order valence-electron chi connectivity index (χ0n) is 20.5. The lowest BCUT2D eigenvalue weighted by atomic mass is 10.0. The van der Waals surface area contributed by atoms with Crippen LogP contribution in [0.4, 0.5) is 5.82 Å². The summed E-state index contributed by atoms with van der Waals surface area (Å²) < 4.78 is 16.9. The minimum atomic E-state index is -0.130. The van der Waals surface area contributed by atoms with Crippen molar-refractivity contribution in [3.05, 3.63) is 73.2 Å². The van der Waals surface area contributed by atoms with Crippen molar-refractivity contribution in [2.24, 2.45) is 5.73 Å². The van der Waals surface area contributed by atoms with Crippen molar-refractivity contribution in [2.75, 3.05) is 32.3 Å². The SMILES string of the molecule is COc1cc2ncc3c(N)nc(-c4cncc(OC[C@@H](N)CSc5ccccc5)c4)cc3c2cc1OC. The van der Waals surface area contributed by atoms with Gasteiger partial charge >= 0.3 is 0 Å². The highest BCUT2D eigenvalue weighted by Crippen LogP contribution is 2.37. The predicted molar refractivity (Wildman–Crippen MR) is 148 cm³/mol. The first-order valence-corrected chi connectivity index (χ1v) is 12.7. The number of pyridine rings is 3. The van der Waals surface area contributed by atoms with E-state index in [0.29, 0.717) is 35.4 Å². The van der Waals surface area contributed by atoms with Crippen LogP contribution in [-0.2, 0) is 0 Å². The standard InChI is InChI=1S/C28H27N5O3S/c1-34-26-10-22-21-9-24(33-28(30)23(21)14-32-25(22)11-27(26)35-2)17-8-19(13-31-12-17)36-15-18(29)16-37-20-6-4-3-5-7-20/h3-14,18H,15-16,29H2,1-2H3,(H2,30,33)/t18-/m1/s1. The summed E-state index contributed by atoms with van der Waals surface area (Å²) in [5.41, 5.74) is 14.8. The molecule has 0 fully saturated rings. The van der Waals surface area contributed by atoms with Gasteiger partial charge in [0.2, 0.25) is 0 Å². The summed E-state index contributed by atoms with van der Waals surface area (Å²) >= 11 is 1.71. The summed E-state index contributed by atoms with van der Waals surface area (Å²) in [5.74, 6) is 2.96. The predicted octanol–water partition coefficient (Wildman–Crippen LogP) is 4.94. The molecule has 3 aromatic heterocycles. The van der Waals surface area contributed by atoms with Crippen LogP contribution in [0, 0.1) is 0 Å². The quantitative estimate of drug-likeness (QED) is 0.209. The molecule has 0 bridgehead atoms. The van der Waals surface area contributed by atoms with Gasteiger partial charge in [-0.3, -0.25) is 9.97 Å². The Morgan fingerprint density at radius 1 is 0.892 bits per heavy atom. The molecule has 9 heteroatoms. The largest absolute Gasteiger partial charge is 0.493 e. The van der Waals surface area contributed by atoms with Crippen molar-refractivity contribution in [1.82, 2.24) is 15.0 Å². The van der Waals surface area contributed by atoms with Crippen molar-refractivity contribution in [3.63, 3.8) is 0 Å². The van der Waals surface area contributed by atoms with E-state index in [1.54, 1.807) is 44.6 Å². The van der Waals surface area contributed by atoms with Crippen LogP contribution in [0.15, 0.2) is 78.1 Å². The van der Waals surface area contributed by atoms with Gasteiger partial charge in [0.05, 0.1) is 31.6 Å². The van der Waals surface area contributed by atoms with E-state index in [9.17, 15) is 0 Å². The average molecular weight is 514 g/mol. The Labute approximate surface area is 219 Å². The molecule has 0 aliphatic rings. The first-order chi connectivity index (χ1) is 18.1. The molecule has 8 nitrogen and oxygen atoms in total. The molecule has 0 aliphatic carbocycles. The Kier molecular flexibility index (Phi) is 7.25. The molecule has 0 unspecified atom stereocenters. The fourth-order valence-electron chi connectivity index (χ4n) is 4.02. The van der Waals surface area contributed by atoms with Gasteiger partial charge in [0.25, 0.3) is 0 Å². The van der Waals surface area contributed by atoms with Gasteiger partial charge in [0, 0.05) is 51.5 Å². The first-order valence-electron chi connectivity index (χ1n) is 11.7. The first kappa shape index (κ1) is 24.6. The second kappa shape index (κ2) is 10.9. The smallest absolute Gasteiger partial charge is 0.162 e. The molecule has 5 rings (SSSR count). The second-order valence-electron chi connectivity index (χ2n) is 8.44. The lowest BCUT2D eigenvalue weighted by Gasteiger charge is -2.14. The third-order valence-corrected chi connectivity index (χ3v) is 7.09. The summed E-state index contributed by atoms with van der Waals surface area (Å²) in [5, 5.41) is 2.54. The maximum atomic E-state index is 6.35. The molecule has 3 heterocycles. The van der Waals surface area contributed by atoms with Gasteiger partial charge in [-0.25, -0.2) is 4.98 Å². The lowest BCUT2D eigenvalue weighted by molar-refractivity contribution is 0.297. The van der Waals surface area contributed by atoms with E-state index in [1.807, 2.05) is 42.5 Å². The number of nitrogen functional groups attached to an aromatic ring is 1. The fourth-order valence-corrected chi connectivity index (χ4v) is 4.87. The zero-order chi connectivity index (χ0) is 25.8. The molecule has 0 saturated heterocycles. The maximum absolute atomic E-state index is 6.35. The molecule has 1 atom stereocenters. The molecular weight excluding hydrogens is 486 g/mol. The van der Waals surface area contributed by atoms with Crippen molar-refractivity contribution >= 4 is 39.3 Å². The van der Waals surface area contributed by atoms with Gasteiger partial charge in [0.15, 0.2) is 11.5 Å². The van der Waals surface area contributed by atoms with E-state index < -0.39 is 0 Å². The van der Waals surface area contributed by atoms with Crippen molar-refractivity contribution < 1.29 is 14.2 Å². The Morgan fingerprint density at radius 2 is 1.68 bits per heavy atom. The number of nitrogens with two attached hydrogens (primary N) is 2. The van der Waals surface area contributed by atoms with Gasteiger partial charge in [0.1, 0.15) is 18.2 Å². The van der Waals surface area contributed by atoms with Crippen LogP contribution in [0.2, 0.25) is 0 Å². The van der Waals surface area contributed by atoms with Gasteiger partial charge in [-0.2, -0.15) is 0 Å². The summed E-state index contributed by atoms with van der Waals surface area (Å²) in [6.45, 7) is 0.371. The zero-order valence-corrected chi connectivity index (χ0v) is 21.4. The number of ether oxygens (including phenoxy) is 3. The van der Waals surface area contributed by atoms with Crippen molar-refractivity contribution in [1.29, 1.82) is 0 Å². The Hall–Kier alpha value is -4.08. The fraction of sp³-hybridized carbons (Fsp3) is 0.179. The molecule has 5 aromatic rings. The highest BCUT2D eigenvalue weighted by Gasteiger charge is 2.14. The Balaban J connectivity index is 1.40.